The predicted octanol–water partition coefficient (Wildman–Crippen LogP) is 2.27. The lowest BCUT2D eigenvalue weighted by atomic mass is 10.2. The third-order valence-corrected chi connectivity index (χ3v) is 3.50. The van der Waals surface area contributed by atoms with Crippen LogP contribution in [-0.4, -0.2) is 51.5 Å². The van der Waals surface area contributed by atoms with Crippen LogP contribution in [-0.2, 0) is 11.3 Å². The standard InChI is InChI=1S/C13H21N3O3S/c1-10(2)16(6-4-5-12(17)18)13(19)15(3)7-11-8-20-9-14-11/h8-10H,4-7H2,1-3H3,(H,17,18). The smallest absolute Gasteiger partial charge is 0.320 e. The Balaban J connectivity index is 2.56. The van der Waals surface area contributed by atoms with Crippen molar-refractivity contribution in [1.82, 2.24) is 14.8 Å². The van der Waals surface area contributed by atoms with Gasteiger partial charge in [0.05, 0.1) is 17.7 Å². The largest absolute Gasteiger partial charge is 0.481 e. The summed E-state index contributed by atoms with van der Waals surface area (Å²) in [4.78, 5) is 30.4. The zero-order valence-electron chi connectivity index (χ0n) is 12.1. The van der Waals surface area contributed by atoms with Crippen LogP contribution >= 0.6 is 11.3 Å². The van der Waals surface area contributed by atoms with E-state index in [0.29, 0.717) is 19.5 Å². The number of aliphatic carboxylic acids is 1. The highest BCUT2D eigenvalue weighted by molar-refractivity contribution is 7.07. The molecular weight excluding hydrogens is 278 g/mol. The molecule has 0 aliphatic heterocycles. The summed E-state index contributed by atoms with van der Waals surface area (Å²) in [6.07, 6.45) is 0.538. The van der Waals surface area contributed by atoms with Crippen molar-refractivity contribution in [3.63, 3.8) is 0 Å². The van der Waals surface area contributed by atoms with Gasteiger partial charge in [-0.1, -0.05) is 0 Å². The molecule has 0 unspecified atom stereocenters. The van der Waals surface area contributed by atoms with Gasteiger partial charge in [-0.2, -0.15) is 0 Å². The van der Waals surface area contributed by atoms with Crippen LogP contribution in [0.1, 0.15) is 32.4 Å². The maximum absolute atomic E-state index is 12.4. The first-order valence-corrected chi connectivity index (χ1v) is 7.46. The fourth-order valence-corrected chi connectivity index (χ4v) is 2.37. The van der Waals surface area contributed by atoms with Gasteiger partial charge in [-0.25, -0.2) is 9.78 Å². The van der Waals surface area contributed by atoms with E-state index in [-0.39, 0.29) is 18.5 Å². The second-order valence-corrected chi connectivity index (χ2v) is 5.62. The molecule has 20 heavy (non-hydrogen) atoms. The summed E-state index contributed by atoms with van der Waals surface area (Å²) >= 11 is 1.50. The lowest BCUT2D eigenvalue weighted by molar-refractivity contribution is -0.137. The van der Waals surface area contributed by atoms with E-state index in [4.69, 9.17) is 5.11 Å². The van der Waals surface area contributed by atoms with Crippen LogP contribution in [0.2, 0.25) is 0 Å². The molecule has 0 fully saturated rings. The van der Waals surface area contributed by atoms with Crippen LogP contribution in [0, 0.1) is 0 Å². The molecule has 1 N–H and O–H groups in total. The fourth-order valence-electron chi connectivity index (χ4n) is 1.82. The van der Waals surface area contributed by atoms with Gasteiger partial charge in [0.2, 0.25) is 0 Å². The number of aromatic nitrogens is 1. The first kappa shape index (κ1) is 16.4. The van der Waals surface area contributed by atoms with Gasteiger partial charge < -0.3 is 14.9 Å². The maximum Gasteiger partial charge on any atom is 0.320 e. The number of carbonyl (C=O) groups excluding carboxylic acids is 1. The molecular formula is C13H21N3O3S. The number of urea groups is 1. The molecule has 0 atom stereocenters. The fraction of sp³-hybridized carbons (Fsp3) is 0.615. The molecule has 1 aromatic heterocycles. The van der Waals surface area contributed by atoms with Crippen LogP contribution in [0.5, 0.6) is 0 Å². The van der Waals surface area contributed by atoms with Gasteiger partial charge in [0.15, 0.2) is 0 Å². The lowest BCUT2D eigenvalue weighted by Crippen LogP contribution is -2.45. The van der Waals surface area contributed by atoms with Crippen LogP contribution in [0.4, 0.5) is 4.79 Å². The van der Waals surface area contributed by atoms with Crippen molar-refractivity contribution in [1.29, 1.82) is 0 Å². The van der Waals surface area contributed by atoms with Crippen LogP contribution in [0.3, 0.4) is 0 Å². The van der Waals surface area contributed by atoms with E-state index in [9.17, 15) is 9.59 Å². The van der Waals surface area contributed by atoms with E-state index in [1.807, 2.05) is 19.2 Å². The zero-order valence-corrected chi connectivity index (χ0v) is 12.9. The molecule has 7 heteroatoms. The van der Waals surface area contributed by atoms with Crippen molar-refractivity contribution in [2.45, 2.75) is 39.3 Å². The molecule has 0 saturated carbocycles. The minimum atomic E-state index is -0.836. The van der Waals surface area contributed by atoms with Gasteiger partial charge in [-0.15, -0.1) is 11.3 Å². The molecule has 1 rings (SSSR count). The summed E-state index contributed by atoms with van der Waals surface area (Å²) in [7, 11) is 1.73. The van der Waals surface area contributed by atoms with Crippen molar-refractivity contribution in [2.24, 2.45) is 0 Å². The van der Waals surface area contributed by atoms with E-state index in [0.717, 1.165) is 5.69 Å². The maximum atomic E-state index is 12.4. The van der Waals surface area contributed by atoms with Gasteiger partial charge in [0, 0.05) is 31.4 Å². The Morgan fingerprint density at radius 2 is 2.15 bits per heavy atom. The summed E-state index contributed by atoms with van der Waals surface area (Å²) in [5, 5.41) is 10.6. The Bertz CT molecular complexity index is 434. The van der Waals surface area contributed by atoms with Crippen molar-refractivity contribution in [2.75, 3.05) is 13.6 Å². The molecule has 1 heterocycles. The molecule has 1 aromatic rings. The normalized spacial score (nSPS) is 10.6. The Kier molecular flexibility index (Phi) is 6.44. The number of carboxylic acids is 1. The molecule has 112 valence electrons. The highest BCUT2D eigenvalue weighted by Gasteiger charge is 2.21. The lowest BCUT2D eigenvalue weighted by Gasteiger charge is -2.31. The first-order chi connectivity index (χ1) is 9.41. The van der Waals surface area contributed by atoms with Gasteiger partial charge in [0.25, 0.3) is 0 Å². The zero-order chi connectivity index (χ0) is 15.1. The van der Waals surface area contributed by atoms with Gasteiger partial charge in [0.1, 0.15) is 0 Å². The number of carbonyl (C=O) groups is 2. The van der Waals surface area contributed by atoms with Crippen LogP contribution in [0.25, 0.3) is 0 Å². The second-order valence-electron chi connectivity index (χ2n) is 4.90. The third-order valence-electron chi connectivity index (χ3n) is 2.87. The summed E-state index contributed by atoms with van der Waals surface area (Å²) in [6, 6.07) is -0.0624. The van der Waals surface area contributed by atoms with Gasteiger partial charge in [-0.05, 0) is 20.3 Å². The molecule has 0 radical (unpaired) electrons. The summed E-state index contributed by atoms with van der Waals surface area (Å²) in [5.41, 5.74) is 2.60. The Morgan fingerprint density at radius 1 is 1.45 bits per heavy atom. The molecule has 2 amide bonds. The van der Waals surface area contributed by atoms with Gasteiger partial charge >= 0.3 is 12.0 Å². The third kappa shape index (κ3) is 5.16. The minimum Gasteiger partial charge on any atom is -0.481 e. The second kappa shape index (κ2) is 7.84. The molecule has 0 bridgehead atoms. The Hall–Kier alpha value is -1.63. The van der Waals surface area contributed by atoms with Crippen LogP contribution < -0.4 is 0 Å². The number of hydrogen-bond acceptors (Lipinski definition) is 4. The number of thiazole rings is 1. The van der Waals surface area contributed by atoms with Crippen molar-refractivity contribution < 1.29 is 14.7 Å². The Labute approximate surface area is 123 Å². The highest BCUT2D eigenvalue weighted by Crippen LogP contribution is 2.10. The monoisotopic (exact) mass is 299 g/mol. The summed E-state index contributed by atoms with van der Waals surface area (Å²) < 4.78 is 0. The number of nitrogens with zero attached hydrogens (tertiary/aromatic N) is 3. The summed E-state index contributed by atoms with van der Waals surface area (Å²) in [6.45, 7) is 4.76. The topological polar surface area (TPSA) is 73.7 Å². The van der Waals surface area contributed by atoms with E-state index in [1.165, 1.54) is 11.3 Å². The number of carboxylic acid groups (broad SMARTS) is 1. The van der Waals surface area contributed by atoms with E-state index in [1.54, 1.807) is 22.4 Å². The van der Waals surface area contributed by atoms with Crippen molar-refractivity contribution in [3.05, 3.63) is 16.6 Å². The molecule has 6 nitrogen and oxygen atoms in total. The minimum absolute atomic E-state index is 0.0363. The van der Waals surface area contributed by atoms with Crippen molar-refractivity contribution >= 4 is 23.3 Å². The van der Waals surface area contributed by atoms with E-state index in [2.05, 4.69) is 4.98 Å². The highest BCUT2D eigenvalue weighted by atomic mass is 32.1. The van der Waals surface area contributed by atoms with E-state index >= 15 is 0 Å². The molecule has 0 spiro atoms. The molecule has 0 aliphatic carbocycles. The van der Waals surface area contributed by atoms with Crippen LogP contribution in [0.15, 0.2) is 10.9 Å². The van der Waals surface area contributed by atoms with Gasteiger partial charge in [-0.3, -0.25) is 4.79 Å². The molecule has 0 aliphatic rings. The average Bonchev–Trinajstić information content (AvgIpc) is 2.85. The average molecular weight is 299 g/mol. The SMILES string of the molecule is CC(C)N(CCCC(=O)O)C(=O)N(C)Cc1cscn1. The number of rotatable bonds is 7. The first-order valence-electron chi connectivity index (χ1n) is 6.52. The molecule has 0 saturated heterocycles. The molecule has 0 aromatic carbocycles. The number of amides is 2. The quantitative estimate of drug-likeness (QED) is 0.838. The van der Waals surface area contributed by atoms with Crippen molar-refractivity contribution in [3.8, 4) is 0 Å². The summed E-state index contributed by atoms with van der Waals surface area (Å²) in [5.74, 6) is -0.836. The predicted molar refractivity (Wildman–Crippen MR) is 77.7 cm³/mol. The Morgan fingerprint density at radius 3 is 2.65 bits per heavy atom. The number of hydrogen-bond donors (Lipinski definition) is 1. The van der Waals surface area contributed by atoms with E-state index < -0.39 is 5.97 Å².